The maximum atomic E-state index is 12.4. The lowest BCUT2D eigenvalue weighted by Crippen LogP contribution is -2.36. The summed E-state index contributed by atoms with van der Waals surface area (Å²) in [7, 11) is 1.60. The van der Waals surface area contributed by atoms with Gasteiger partial charge < -0.3 is 20.1 Å². The fraction of sp³-hybridized carbons (Fsp3) is 0.300. The second-order valence-corrected chi connectivity index (χ2v) is 5.86. The molecule has 0 aliphatic carbocycles. The van der Waals surface area contributed by atoms with Gasteiger partial charge in [-0.15, -0.1) is 0 Å². The second kappa shape index (κ2) is 10.9. The summed E-state index contributed by atoms with van der Waals surface area (Å²) in [5.74, 6) is 1.12. The van der Waals surface area contributed by atoms with Crippen molar-refractivity contribution in [3.63, 3.8) is 0 Å². The quantitative estimate of drug-likeness (QED) is 0.378. The molecule has 156 valence electrons. The number of guanidine groups is 1. The molecule has 0 spiro atoms. The molecule has 0 aliphatic heterocycles. The summed E-state index contributed by atoms with van der Waals surface area (Å²) in [5.41, 5.74) is 1.40. The number of alkyl halides is 3. The van der Waals surface area contributed by atoms with Crippen molar-refractivity contribution >= 4 is 5.96 Å². The van der Waals surface area contributed by atoms with Crippen molar-refractivity contribution in [1.82, 2.24) is 15.6 Å². The van der Waals surface area contributed by atoms with E-state index in [0.29, 0.717) is 24.7 Å². The predicted octanol–water partition coefficient (Wildman–Crippen LogP) is 3.45. The average molecular weight is 408 g/mol. The van der Waals surface area contributed by atoms with E-state index < -0.39 is 12.8 Å². The molecule has 1 aromatic carbocycles. The highest BCUT2D eigenvalue weighted by Crippen LogP contribution is 2.20. The zero-order chi connectivity index (χ0) is 21.1. The Labute approximate surface area is 167 Å². The first-order valence-corrected chi connectivity index (χ1v) is 8.82. The normalized spacial score (nSPS) is 11.7. The van der Waals surface area contributed by atoms with E-state index in [1.54, 1.807) is 25.3 Å². The Balaban J connectivity index is 1.94. The SMILES string of the molecule is C=CCOc1ccccc1CNC(=NC)NCc1cccnc1OCC(F)(F)F. The molecule has 2 rings (SSSR count). The molecule has 9 heteroatoms. The van der Waals surface area contributed by atoms with Gasteiger partial charge in [0.25, 0.3) is 0 Å². The summed E-state index contributed by atoms with van der Waals surface area (Å²) in [6.45, 7) is 3.26. The highest BCUT2D eigenvalue weighted by molar-refractivity contribution is 5.79. The van der Waals surface area contributed by atoms with Crippen LogP contribution in [0.2, 0.25) is 0 Å². The molecule has 1 heterocycles. The summed E-state index contributed by atoms with van der Waals surface area (Å²) >= 11 is 0. The highest BCUT2D eigenvalue weighted by atomic mass is 19.4. The van der Waals surface area contributed by atoms with Gasteiger partial charge in [-0.2, -0.15) is 13.2 Å². The third-order valence-electron chi connectivity index (χ3n) is 3.67. The third kappa shape index (κ3) is 7.73. The van der Waals surface area contributed by atoms with Crippen LogP contribution in [-0.4, -0.2) is 37.4 Å². The number of benzene rings is 1. The van der Waals surface area contributed by atoms with Crippen LogP contribution in [0, 0.1) is 0 Å². The van der Waals surface area contributed by atoms with E-state index in [9.17, 15) is 13.2 Å². The third-order valence-corrected chi connectivity index (χ3v) is 3.67. The van der Waals surface area contributed by atoms with E-state index in [1.165, 1.54) is 6.20 Å². The zero-order valence-electron chi connectivity index (χ0n) is 16.0. The van der Waals surface area contributed by atoms with Gasteiger partial charge in [0.15, 0.2) is 12.6 Å². The number of hydrogen-bond acceptors (Lipinski definition) is 4. The van der Waals surface area contributed by atoms with E-state index in [1.807, 2.05) is 24.3 Å². The van der Waals surface area contributed by atoms with Gasteiger partial charge in [0.2, 0.25) is 5.88 Å². The Kier molecular flexibility index (Phi) is 8.32. The molecule has 6 nitrogen and oxygen atoms in total. The molecule has 29 heavy (non-hydrogen) atoms. The molecule has 0 radical (unpaired) electrons. The van der Waals surface area contributed by atoms with Gasteiger partial charge in [-0.25, -0.2) is 4.98 Å². The van der Waals surface area contributed by atoms with Crippen LogP contribution < -0.4 is 20.1 Å². The predicted molar refractivity (Wildman–Crippen MR) is 105 cm³/mol. The van der Waals surface area contributed by atoms with Crippen LogP contribution in [0.15, 0.2) is 60.2 Å². The van der Waals surface area contributed by atoms with Crippen LogP contribution in [0.1, 0.15) is 11.1 Å². The van der Waals surface area contributed by atoms with Crippen molar-refractivity contribution in [2.45, 2.75) is 19.3 Å². The summed E-state index contributed by atoms with van der Waals surface area (Å²) < 4.78 is 47.6. The Hall–Kier alpha value is -3.23. The first-order valence-electron chi connectivity index (χ1n) is 8.82. The van der Waals surface area contributed by atoms with Crippen LogP contribution in [0.4, 0.5) is 13.2 Å². The van der Waals surface area contributed by atoms with Gasteiger partial charge in [-0.1, -0.05) is 36.9 Å². The van der Waals surface area contributed by atoms with E-state index in [-0.39, 0.29) is 12.4 Å². The minimum Gasteiger partial charge on any atom is -0.489 e. The molecule has 0 saturated carbocycles. The van der Waals surface area contributed by atoms with Gasteiger partial charge in [0, 0.05) is 37.5 Å². The minimum absolute atomic E-state index is 0.0732. The van der Waals surface area contributed by atoms with E-state index in [4.69, 9.17) is 9.47 Å². The number of nitrogens with zero attached hydrogens (tertiary/aromatic N) is 2. The van der Waals surface area contributed by atoms with E-state index in [2.05, 4.69) is 27.2 Å². The van der Waals surface area contributed by atoms with Crippen molar-refractivity contribution in [2.75, 3.05) is 20.3 Å². The molecule has 0 fully saturated rings. The number of aliphatic imine (C=N–C) groups is 1. The number of pyridine rings is 1. The first-order chi connectivity index (χ1) is 13.9. The number of rotatable bonds is 9. The Bertz CT molecular complexity index is 825. The maximum Gasteiger partial charge on any atom is 0.422 e. The van der Waals surface area contributed by atoms with Gasteiger partial charge >= 0.3 is 6.18 Å². The lowest BCUT2D eigenvalue weighted by molar-refractivity contribution is -0.154. The Morgan fingerprint density at radius 3 is 2.48 bits per heavy atom. The van der Waals surface area contributed by atoms with Crippen molar-refractivity contribution in [1.29, 1.82) is 0 Å². The van der Waals surface area contributed by atoms with Crippen molar-refractivity contribution in [3.05, 3.63) is 66.4 Å². The molecular weight excluding hydrogens is 385 g/mol. The van der Waals surface area contributed by atoms with Crippen LogP contribution in [0.25, 0.3) is 0 Å². The number of halogens is 3. The lowest BCUT2D eigenvalue weighted by atomic mass is 10.2. The molecule has 0 unspecified atom stereocenters. The number of hydrogen-bond donors (Lipinski definition) is 2. The fourth-order valence-corrected chi connectivity index (χ4v) is 2.36. The average Bonchev–Trinajstić information content (AvgIpc) is 2.71. The van der Waals surface area contributed by atoms with E-state index in [0.717, 1.165) is 11.3 Å². The van der Waals surface area contributed by atoms with E-state index >= 15 is 0 Å². The summed E-state index contributed by atoms with van der Waals surface area (Å²) in [5, 5.41) is 6.18. The molecule has 0 saturated heterocycles. The number of ether oxygens (including phenoxy) is 2. The maximum absolute atomic E-state index is 12.4. The topological polar surface area (TPSA) is 67.8 Å². The Morgan fingerprint density at radius 2 is 1.79 bits per heavy atom. The minimum atomic E-state index is -4.43. The van der Waals surface area contributed by atoms with Crippen LogP contribution in [0.3, 0.4) is 0 Å². The molecular formula is C20H23F3N4O2. The molecule has 1 aromatic heterocycles. The first kappa shape index (κ1) is 22.1. The standard InChI is InChI=1S/C20H23F3N4O2/c1-3-11-28-17-9-5-4-7-15(17)12-26-19(24-2)27-13-16-8-6-10-25-18(16)29-14-20(21,22)23/h3-10H,1,11-14H2,2H3,(H2,24,26,27). The van der Waals surface area contributed by atoms with Crippen molar-refractivity contribution in [3.8, 4) is 11.6 Å². The molecule has 2 N–H and O–H groups in total. The lowest BCUT2D eigenvalue weighted by Gasteiger charge is -2.16. The number of para-hydroxylation sites is 1. The Morgan fingerprint density at radius 1 is 1.10 bits per heavy atom. The summed E-state index contributed by atoms with van der Waals surface area (Å²) in [6.07, 6.45) is -1.39. The monoisotopic (exact) mass is 408 g/mol. The summed E-state index contributed by atoms with van der Waals surface area (Å²) in [6, 6.07) is 10.8. The smallest absolute Gasteiger partial charge is 0.422 e. The zero-order valence-corrected chi connectivity index (χ0v) is 16.0. The highest BCUT2D eigenvalue weighted by Gasteiger charge is 2.29. The van der Waals surface area contributed by atoms with Gasteiger partial charge in [0.05, 0.1) is 0 Å². The van der Waals surface area contributed by atoms with Gasteiger partial charge in [-0.3, -0.25) is 4.99 Å². The van der Waals surface area contributed by atoms with Crippen LogP contribution >= 0.6 is 0 Å². The molecule has 0 amide bonds. The molecule has 0 bridgehead atoms. The summed E-state index contributed by atoms with van der Waals surface area (Å²) in [4.78, 5) is 7.99. The van der Waals surface area contributed by atoms with Crippen molar-refractivity contribution < 1.29 is 22.6 Å². The van der Waals surface area contributed by atoms with Crippen molar-refractivity contribution in [2.24, 2.45) is 4.99 Å². The second-order valence-electron chi connectivity index (χ2n) is 5.86. The van der Waals surface area contributed by atoms with Crippen LogP contribution in [-0.2, 0) is 13.1 Å². The van der Waals surface area contributed by atoms with Crippen LogP contribution in [0.5, 0.6) is 11.6 Å². The molecule has 2 aromatic rings. The largest absolute Gasteiger partial charge is 0.489 e. The fourth-order valence-electron chi connectivity index (χ4n) is 2.36. The van der Waals surface area contributed by atoms with Gasteiger partial charge in [0.1, 0.15) is 12.4 Å². The van der Waals surface area contributed by atoms with Gasteiger partial charge in [-0.05, 0) is 12.1 Å². The number of aromatic nitrogens is 1. The molecule has 0 aliphatic rings. The molecule has 0 atom stereocenters. The number of nitrogens with one attached hydrogen (secondary N) is 2.